The van der Waals surface area contributed by atoms with E-state index in [0.29, 0.717) is 18.8 Å². The Balaban J connectivity index is 1.73. The minimum absolute atomic E-state index is 0.0878. The van der Waals surface area contributed by atoms with Crippen LogP contribution in [-0.4, -0.2) is 24.1 Å². The van der Waals surface area contributed by atoms with Crippen LogP contribution >= 0.6 is 0 Å². The summed E-state index contributed by atoms with van der Waals surface area (Å²) in [6.45, 7) is 4.33. The molecule has 4 fully saturated rings. The lowest BCUT2D eigenvalue weighted by Gasteiger charge is -2.60. The van der Waals surface area contributed by atoms with Gasteiger partial charge in [-0.3, -0.25) is 0 Å². The van der Waals surface area contributed by atoms with Crippen molar-refractivity contribution in [3.63, 3.8) is 0 Å². The van der Waals surface area contributed by atoms with Crippen LogP contribution in [0.3, 0.4) is 0 Å². The summed E-state index contributed by atoms with van der Waals surface area (Å²) in [6.07, 6.45) is 7.38. The summed E-state index contributed by atoms with van der Waals surface area (Å²) in [5.41, 5.74) is -0.402. The highest BCUT2D eigenvalue weighted by Gasteiger charge is 2.59. The van der Waals surface area contributed by atoms with Crippen molar-refractivity contribution in [2.45, 2.75) is 57.0 Å². The average Bonchev–Trinajstić information content (AvgIpc) is 2.33. The van der Waals surface area contributed by atoms with Crippen molar-refractivity contribution in [1.29, 1.82) is 0 Å². The van der Waals surface area contributed by atoms with Gasteiger partial charge in [0.2, 0.25) is 0 Å². The molecule has 2 atom stereocenters. The highest BCUT2D eigenvalue weighted by molar-refractivity contribution is 5.76. The lowest BCUT2D eigenvalue weighted by molar-refractivity contribution is -0.198. The Bertz CT molecular complexity index is 441. The lowest BCUT2D eigenvalue weighted by atomic mass is 9.48. The van der Waals surface area contributed by atoms with Crippen LogP contribution in [0.4, 0.5) is 8.78 Å². The topological polar surface area (TPSA) is 35.5 Å². The number of hydrogen-bond acceptors (Lipinski definition) is 3. The maximum atomic E-state index is 13.0. The number of esters is 1. The second-order valence-electron chi connectivity index (χ2n) is 7.39. The first-order valence-corrected chi connectivity index (χ1v) is 7.60. The highest BCUT2D eigenvalue weighted by Crippen LogP contribution is 2.62. The van der Waals surface area contributed by atoms with E-state index in [0.717, 1.165) is 32.1 Å². The molecule has 0 amide bonds. The fourth-order valence-corrected chi connectivity index (χ4v) is 5.19. The fourth-order valence-electron chi connectivity index (χ4n) is 5.19. The van der Waals surface area contributed by atoms with Gasteiger partial charge in [0.15, 0.2) is 0 Å². The van der Waals surface area contributed by atoms with Crippen molar-refractivity contribution in [3.05, 3.63) is 12.8 Å². The van der Waals surface area contributed by atoms with E-state index in [-0.39, 0.29) is 17.6 Å². The molecule has 5 heteroatoms. The van der Waals surface area contributed by atoms with Gasteiger partial charge < -0.3 is 9.47 Å². The summed E-state index contributed by atoms with van der Waals surface area (Å²) in [6, 6.07) is 0. The summed E-state index contributed by atoms with van der Waals surface area (Å²) in [4.78, 5) is 11.3. The quantitative estimate of drug-likeness (QED) is 0.574. The molecule has 4 saturated carbocycles. The van der Waals surface area contributed by atoms with Crippen LogP contribution in [0.2, 0.25) is 0 Å². The first-order chi connectivity index (χ1) is 9.76. The van der Waals surface area contributed by atoms with E-state index >= 15 is 0 Å². The zero-order valence-electron chi connectivity index (χ0n) is 12.4. The van der Waals surface area contributed by atoms with Gasteiger partial charge in [-0.25, -0.2) is 4.79 Å². The van der Waals surface area contributed by atoms with E-state index in [4.69, 9.17) is 9.47 Å². The van der Waals surface area contributed by atoms with Crippen molar-refractivity contribution in [2.75, 3.05) is 6.61 Å². The van der Waals surface area contributed by atoms with E-state index in [9.17, 15) is 13.6 Å². The number of halogens is 2. The third kappa shape index (κ3) is 2.67. The normalized spacial score (nSPS) is 40.9. The number of carbonyl (C=O) groups excluding carboxylic acids is 1. The molecule has 0 aliphatic heterocycles. The Kier molecular flexibility index (Phi) is 3.30. The van der Waals surface area contributed by atoms with Crippen LogP contribution in [0.5, 0.6) is 0 Å². The van der Waals surface area contributed by atoms with Crippen LogP contribution < -0.4 is 0 Å². The van der Waals surface area contributed by atoms with Crippen LogP contribution in [-0.2, 0) is 14.3 Å². The number of rotatable bonds is 5. The van der Waals surface area contributed by atoms with E-state index in [1.807, 2.05) is 0 Å². The Morgan fingerprint density at radius 2 is 1.95 bits per heavy atom. The zero-order chi connectivity index (χ0) is 15.3. The molecule has 4 aliphatic rings. The first kappa shape index (κ1) is 14.8. The van der Waals surface area contributed by atoms with Crippen molar-refractivity contribution < 1.29 is 23.0 Å². The van der Waals surface area contributed by atoms with Gasteiger partial charge in [-0.15, -0.1) is 0 Å². The van der Waals surface area contributed by atoms with E-state index in [2.05, 4.69) is 6.58 Å². The minimum Gasteiger partial charge on any atom is -0.495 e. The molecule has 0 aromatic heterocycles. The monoisotopic (exact) mass is 300 g/mol. The van der Waals surface area contributed by atoms with E-state index < -0.39 is 11.9 Å². The molecule has 0 heterocycles. The molecule has 0 N–H and O–H groups in total. The van der Waals surface area contributed by atoms with Gasteiger partial charge in [0.1, 0.15) is 5.60 Å². The van der Waals surface area contributed by atoms with Crippen molar-refractivity contribution in [3.8, 4) is 0 Å². The molecule has 4 aliphatic carbocycles. The zero-order valence-corrected chi connectivity index (χ0v) is 12.4. The molecule has 0 spiro atoms. The van der Waals surface area contributed by atoms with E-state index in [1.54, 1.807) is 0 Å². The van der Waals surface area contributed by atoms with Gasteiger partial charge in [-0.05, 0) is 50.4 Å². The standard InChI is InChI=1S/C16H22F2O3/c1-3-21-16-7-11-4-12(8-16)6-15(5-11,9-16)10-20-13(19)14(2,17)18/h3,11-12H,1,4-10H2,2H3. The van der Waals surface area contributed by atoms with Crippen molar-refractivity contribution >= 4 is 5.97 Å². The minimum atomic E-state index is -3.42. The van der Waals surface area contributed by atoms with Gasteiger partial charge in [0, 0.05) is 12.3 Å². The van der Waals surface area contributed by atoms with Gasteiger partial charge in [-0.1, -0.05) is 6.58 Å². The third-order valence-corrected chi connectivity index (χ3v) is 5.33. The van der Waals surface area contributed by atoms with E-state index in [1.165, 1.54) is 12.7 Å². The predicted molar refractivity (Wildman–Crippen MR) is 72.7 cm³/mol. The second kappa shape index (κ2) is 4.68. The van der Waals surface area contributed by atoms with Gasteiger partial charge in [-0.2, -0.15) is 8.78 Å². The third-order valence-electron chi connectivity index (χ3n) is 5.33. The van der Waals surface area contributed by atoms with Crippen LogP contribution in [0, 0.1) is 17.3 Å². The molecule has 4 bridgehead atoms. The molecule has 0 aromatic carbocycles. The molecule has 0 radical (unpaired) electrons. The highest BCUT2D eigenvalue weighted by atomic mass is 19.3. The lowest BCUT2D eigenvalue weighted by Crippen LogP contribution is -2.58. The first-order valence-electron chi connectivity index (χ1n) is 7.60. The van der Waals surface area contributed by atoms with Gasteiger partial charge >= 0.3 is 11.9 Å². The summed E-state index contributed by atoms with van der Waals surface area (Å²) in [5, 5.41) is 0. The smallest absolute Gasteiger partial charge is 0.376 e. The average molecular weight is 300 g/mol. The van der Waals surface area contributed by atoms with Gasteiger partial charge in [0.05, 0.1) is 12.9 Å². The Labute approximate surface area is 123 Å². The fraction of sp³-hybridized carbons (Fsp3) is 0.812. The summed E-state index contributed by atoms with van der Waals surface area (Å²) >= 11 is 0. The van der Waals surface area contributed by atoms with Crippen molar-refractivity contribution in [2.24, 2.45) is 17.3 Å². The summed E-state index contributed by atoms with van der Waals surface area (Å²) in [5.74, 6) is -3.74. The van der Waals surface area contributed by atoms with Crippen LogP contribution in [0.1, 0.15) is 45.4 Å². The largest absolute Gasteiger partial charge is 0.495 e. The summed E-state index contributed by atoms with van der Waals surface area (Å²) < 4.78 is 36.7. The van der Waals surface area contributed by atoms with Crippen LogP contribution in [0.15, 0.2) is 12.8 Å². The van der Waals surface area contributed by atoms with Crippen LogP contribution in [0.25, 0.3) is 0 Å². The molecule has 0 saturated heterocycles. The molecular formula is C16H22F2O3. The Hall–Kier alpha value is -1.13. The summed E-state index contributed by atoms with van der Waals surface area (Å²) in [7, 11) is 0. The Morgan fingerprint density at radius 3 is 2.48 bits per heavy atom. The molecular weight excluding hydrogens is 278 g/mol. The number of carbonyl (C=O) groups is 1. The Morgan fingerprint density at radius 1 is 1.33 bits per heavy atom. The molecule has 2 unspecified atom stereocenters. The molecule has 118 valence electrons. The SMILES string of the molecule is C=COC12CC3CC(CC(COC(=O)C(C)(F)F)(C3)C1)C2. The molecule has 0 aromatic rings. The van der Waals surface area contributed by atoms with Gasteiger partial charge in [0.25, 0.3) is 0 Å². The maximum absolute atomic E-state index is 13.0. The molecule has 21 heavy (non-hydrogen) atoms. The number of ether oxygens (including phenoxy) is 2. The predicted octanol–water partition coefficient (Wildman–Crippen LogP) is 3.68. The number of hydrogen-bond donors (Lipinski definition) is 0. The second-order valence-corrected chi connectivity index (χ2v) is 7.39. The number of alkyl halides is 2. The molecule has 4 rings (SSSR count). The maximum Gasteiger partial charge on any atom is 0.376 e. The molecule has 3 nitrogen and oxygen atoms in total. The van der Waals surface area contributed by atoms with Crippen molar-refractivity contribution in [1.82, 2.24) is 0 Å².